The fourth-order valence-corrected chi connectivity index (χ4v) is 3.74. The SMILES string of the molecule is COc1cccc(C=CC(=O)N(Cc2ccc(OC)c(OC)c2)Cc2cccs2)c1. The summed E-state index contributed by atoms with van der Waals surface area (Å²) in [6, 6.07) is 17.3. The van der Waals surface area contributed by atoms with Crippen molar-refractivity contribution in [1.82, 2.24) is 4.90 Å². The highest BCUT2D eigenvalue weighted by molar-refractivity contribution is 7.09. The Hall–Kier alpha value is -3.25. The van der Waals surface area contributed by atoms with E-state index in [1.165, 1.54) is 0 Å². The van der Waals surface area contributed by atoms with Gasteiger partial charge < -0.3 is 19.1 Å². The van der Waals surface area contributed by atoms with E-state index in [1.807, 2.05) is 64.9 Å². The summed E-state index contributed by atoms with van der Waals surface area (Å²) in [6.07, 6.45) is 3.41. The molecule has 6 heteroatoms. The molecule has 0 bridgehead atoms. The van der Waals surface area contributed by atoms with Crippen molar-refractivity contribution in [3.8, 4) is 17.2 Å². The molecule has 156 valence electrons. The van der Waals surface area contributed by atoms with Crippen molar-refractivity contribution in [2.24, 2.45) is 0 Å². The molecule has 0 aliphatic heterocycles. The van der Waals surface area contributed by atoms with Crippen molar-refractivity contribution in [3.05, 3.63) is 82.1 Å². The van der Waals surface area contributed by atoms with Crippen LogP contribution in [0.2, 0.25) is 0 Å². The molecule has 0 N–H and O–H groups in total. The second-order valence-electron chi connectivity index (χ2n) is 6.57. The quantitative estimate of drug-likeness (QED) is 0.454. The minimum Gasteiger partial charge on any atom is -0.497 e. The van der Waals surface area contributed by atoms with Crippen molar-refractivity contribution in [2.45, 2.75) is 13.1 Å². The van der Waals surface area contributed by atoms with Crippen LogP contribution in [0.15, 0.2) is 66.1 Å². The Kier molecular flexibility index (Phi) is 7.51. The summed E-state index contributed by atoms with van der Waals surface area (Å²) < 4.78 is 16.0. The van der Waals surface area contributed by atoms with E-state index < -0.39 is 0 Å². The van der Waals surface area contributed by atoms with E-state index in [2.05, 4.69) is 0 Å². The molecule has 1 heterocycles. The lowest BCUT2D eigenvalue weighted by Gasteiger charge is -2.21. The predicted octanol–water partition coefficient (Wildman–Crippen LogP) is 5.02. The number of carbonyl (C=O) groups excluding carboxylic acids is 1. The number of amides is 1. The first-order valence-corrected chi connectivity index (χ1v) is 10.3. The Morgan fingerprint density at radius 1 is 0.933 bits per heavy atom. The predicted molar refractivity (Wildman–Crippen MR) is 120 cm³/mol. The van der Waals surface area contributed by atoms with Crippen LogP contribution >= 0.6 is 11.3 Å². The van der Waals surface area contributed by atoms with Gasteiger partial charge in [-0.15, -0.1) is 11.3 Å². The van der Waals surface area contributed by atoms with Crippen LogP contribution in [0.5, 0.6) is 17.2 Å². The molecular formula is C24H25NO4S. The van der Waals surface area contributed by atoms with Crippen LogP contribution in [-0.4, -0.2) is 32.1 Å². The van der Waals surface area contributed by atoms with Crippen LogP contribution in [0.4, 0.5) is 0 Å². The zero-order valence-electron chi connectivity index (χ0n) is 17.3. The fraction of sp³-hybridized carbons (Fsp3) is 0.208. The van der Waals surface area contributed by atoms with Crippen molar-refractivity contribution >= 4 is 23.3 Å². The molecule has 0 spiro atoms. The smallest absolute Gasteiger partial charge is 0.247 e. The molecule has 0 atom stereocenters. The Labute approximate surface area is 181 Å². The highest BCUT2D eigenvalue weighted by Crippen LogP contribution is 2.28. The normalized spacial score (nSPS) is 10.8. The van der Waals surface area contributed by atoms with Gasteiger partial charge in [0.2, 0.25) is 5.91 Å². The molecule has 0 radical (unpaired) electrons. The second kappa shape index (κ2) is 10.5. The summed E-state index contributed by atoms with van der Waals surface area (Å²) in [5.41, 5.74) is 1.87. The summed E-state index contributed by atoms with van der Waals surface area (Å²) in [5.74, 6) is 1.99. The van der Waals surface area contributed by atoms with E-state index >= 15 is 0 Å². The van der Waals surface area contributed by atoms with Gasteiger partial charge in [0, 0.05) is 17.5 Å². The molecule has 5 nitrogen and oxygen atoms in total. The first-order valence-electron chi connectivity index (χ1n) is 9.47. The zero-order chi connectivity index (χ0) is 21.3. The van der Waals surface area contributed by atoms with E-state index in [9.17, 15) is 4.79 Å². The Balaban J connectivity index is 1.81. The van der Waals surface area contributed by atoms with Gasteiger partial charge in [-0.1, -0.05) is 24.3 Å². The Morgan fingerprint density at radius 3 is 2.47 bits per heavy atom. The number of ether oxygens (including phenoxy) is 3. The van der Waals surface area contributed by atoms with Crippen LogP contribution < -0.4 is 14.2 Å². The van der Waals surface area contributed by atoms with Crippen LogP contribution in [0, 0.1) is 0 Å². The molecule has 2 aromatic carbocycles. The largest absolute Gasteiger partial charge is 0.497 e. The molecule has 0 aliphatic rings. The van der Waals surface area contributed by atoms with Crippen LogP contribution in [0.25, 0.3) is 6.08 Å². The first-order chi connectivity index (χ1) is 14.6. The molecule has 0 unspecified atom stereocenters. The Morgan fingerprint density at radius 2 is 1.77 bits per heavy atom. The van der Waals surface area contributed by atoms with Crippen LogP contribution in [-0.2, 0) is 17.9 Å². The van der Waals surface area contributed by atoms with Crippen molar-refractivity contribution in [1.29, 1.82) is 0 Å². The molecule has 30 heavy (non-hydrogen) atoms. The molecule has 0 saturated carbocycles. The number of benzene rings is 2. The van der Waals surface area contributed by atoms with Gasteiger partial charge in [-0.2, -0.15) is 0 Å². The minimum atomic E-state index is -0.0685. The second-order valence-corrected chi connectivity index (χ2v) is 7.61. The van der Waals surface area contributed by atoms with Gasteiger partial charge >= 0.3 is 0 Å². The lowest BCUT2D eigenvalue weighted by molar-refractivity contribution is -0.127. The van der Waals surface area contributed by atoms with Gasteiger partial charge in [-0.05, 0) is 52.9 Å². The van der Waals surface area contributed by atoms with E-state index in [0.717, 1.165) is 21.8 Å². The number of methoxy groups -OCH3 is 3. The van der Waals surface area contributed by atoms with Gasteiger partial charge in [0.15, 0.2) is 11.5 Å². The summed E-state index contributed by atoms with van der Waals surface area (Å²) >= 11 is 1.63. The molecular weight excluding hydrogens is 398 g/mol. The number of hydrogen-bond acceptors (Lipinski definition) is 5. The average Bonchev–Trinajstić information content (AvgIpc) is 3.30. The summed E-state index contributed by atoms with van der Waals surface area (Å²) in [4.78, 5) is 16.0. The first kappa shape index (κ1) is 21.5. The third-order valence-corrected chi connectivity index (χ3v) is 5.43. The van der Waals surface area contributed by atoms with Gasteiger partial charge in [0.05, 0.1) is 27.9 Å². The van der Waals surface area contributed by atoms with Gasteiger partial charge in [0.25, 0.3) is 0 Å². The Bertz CT molecular complexity index is 998. The molecule has 0 aliphatic carbocycles. The van der Waals surface area contributed by atoms with E-state index in [0.29, 0.717) is 24.6 Å². The summed E-state index contributed by atoms with van der Waals surface area (Å²) in [5, 5.41) is 2.01. The van der Waals surface area contributed by atoms with Gasteiger partial charge in [-0.3, -0.25) is 4.79 Å². The molecule has 3 rings (SSSR count). The topological polar surface area (TPSA) is 48.0 Å². The van der Waals surface area contributed by atoms with Crippen molar-refractivity contribution in [2.75, 3.05) is 21.3 Å². The highest BCUT2D eigenvalue weighted by atomic mass is 32.1. The molecule has 1 aromatic heterocycles. The maximum absolute atomic E-state index is 13.0. The van der Waals surface area contributed by atoms with Crippen molar-refractivity contribution < 1.29 is 19.0 Å². The number of carbonyl (C=O) groups is 1. The van der Waals surface area contributed by atoms with E-state index in [-0.39, 0.29) is 5.91 Å². The molecule has 0 fully saturated rings. The molecule has 1 amide bonds. The van der Waals surface area contributed by atoms with E-state index in [1.54, 1.807) is 44.8 Å². The van der Waals surface area contributed by atoms with Crippen molar-refractivity contribution in [3.63, 3.8) is 0 Å². The highest BCUT2D eigenvalue weighted by Gasteiger charge is 2.14. The third-order valence-electron chi connectivity index (χ3n) is 4.57. The lowest BCUT2D eigenvalue weighted by atomic mass is 10.1. The molecule has 0 saturated heterocycles. The standard InChI is InChI=1S/C24H25NO4S/c1-27-20-7-4-6-18(14-20)10-12-24(26)25(17-21-8-5-13-30-21)16-19-9-11-22(28-2)23(15-19)29-3/h4-15H,16-17H2,1-3H3. The average molecular weight is 424 g/mol. The zero-order valence-corrected chi connectivity index (χ0v) is 18.1. The summed E-state index contributed by atoms with van der Waals surface area (Å²) in [7, 11) is 4.83. The van der Waals surface area contributed by atoms with Gasteiger partial charge in [0.1, 0.15) is 5.75 Å². The van der Waals surface area contributed by atoms with Gasteiger partial charge in [-0.25, -0.2) is 0 Å². The van der Waals surface area contributed by atoms with Crippen LogP contribution in [0.1, 0.15) is 16.0 Å². The number of rotatable bonds is 9. The number of nitrogens with zero attached hydrogens (tertiary/aromatic N) is 1. The lowest BCUT2D eigenvalue weighted by Crippen LogP contribution is -2.28. The van der Waals surface area contributed by atoms with Crippen LogP contribution in [0.3, 0.4) is 0 Å². The maximum Gasteiger partial charge on any atom is 0.247 e. The third kappa shape index (κ3) is 5.64. The monoisotopic (exact) mass is 423 g/mol. The number of hydrogen-bond donors (Lipinski definition) is 0. The minimum absolute atomic E-state index is 0.0685. The van der Waals surface area contributed by atoms with E-state index in [4.69, 9.17) is 14.2 Å². The number of thiophene rings is 1. The maximum atomic E-state index is 13.0. The molecule has 3 aromatic rings. The summed E-state index contributed by atoms with van der Waals surface area (Å²) in [6.45, 7) is 0.993. The fourth-order valence-electron chi connectivity index (χ4n) is 3.02.